The first kappa shape index (κ1) is 17.8. The van der Waals surface area contributed by atoms with E-state index in [9.17, 15) is 4.79 Å². The Kier molecular flexibility index (Phi) is 5.01. The van der Waals surface area contributed by atoms with Crippen LogP contribution >= 0.6 is 23.2 Å². The van der Waals surface area contributed by atoms with Gasteiger partial charge >= 0.3 is 0 Å². The Labute approximate surface area is 167 Å². The van der Waals surface area contributed by atoms with Crippen molar-refractivity contribution >= 4 is 46.3 Å². The molecule has 3 aromatic rings. The number of nitrogens with zero attached hydrogens (tertiary/aromatic N) is 2. The third-order valence-electron chi connectivity index (χ3n) is 4.57. The van der Waals surface area contributed by atoms with Gasteiger partial charge in [0.25, 0.3) is 5.91 Å². The molecule has 2 heterocycles. The van der Waals surface area contributed by atoms with Crippen molar-refractivity contribution in [3.05, 3.63) is 82.0 Å². The van der Waals surface area contributed by atoms with Crippen molar-refractivity contribution in [1.82, 2.24) is 4.98 Å². The highest BCUT2D eigenvalue weighted by atomic mass is 35.5. The van der Waals surface area contributed by atoms with Crippen LogP contribution in [0.4, 0.5) is 17.2 Å². The summed E-state index contributed by atoms with van der Waals surface area (Å²) in [4.78, 5) is 19.1. The third kappa shape index (κ3) is 3.77. The van der Waals surface area contributed by atoms with E-state index < -0.39 is 0 Å². The van der Waals surface area contributed by atoms with Gasteiger partial charge in [0.15, 0.2) is 0 Å². The van der Waals surface area contributed by atoms with Gasteiger partial charge in [-0.25, -0.2) is 4.98 Å². The molecule has 0 aliphatic carbocycles. The number of hydrogen-bond donors (Lipinski definition) is 1. The number of aryl methyl sites for hydroxylation is 1. The number of para-hydroxylation sites is 1. The zero-order chi connectivity index (χ0) is 18.8. The molecule has 136 valence electrons. The first-order valence-electron chi connectivity index (χ1n) is 8.70. The van der Waals surface area contributed by atoms with Crippen LogP contribution in [0.1, 0.15) is 22.3 Å². The normalized spacial score (nSPS) is 13.2. The standard InChI is InChI=1S/C21H17Cl2N3O/c22-17-9-7-15(12-18(17)23)21(27)25-16-8-10-20(24-13-16)26-11-3-5-14-4-1-2-6-19(14)26/h1-2,4,6-10,12-13H,3,5,11H2,(H,25,27). The minimum Gasteiger partial charge on any atom is -0.326 e. The second-order valence-electron chi connectivity index (χ2n) is 6.37. The largest absolute Gasteiger partial charge is 0.326 e. The molecule has 1 amide bonds. The van der Waals surface area contributed by atoms with Crippen LogP contribution in [0.15, 0.2) is 60.8 Å². The minimum atomic E-state index is -0.258. The van der Waals surface area contributed by atoms with Crippen LogP contribution in [-0.2, 0) is 6.42 Å². The summed E-state index contributed by atoms with van der Waals surface area (Å²) in [6.45, 7) is 0.930. The number of benzene rings is 2. The van der Waals surface area contributed by atoms with Crippen LogP contribution in [0.2, 0.25) is 10.0 Å². The molecule has 1 aliphatic heterocycles. The van der Waals surface area contributed by atoms with Gasteiger partial charge in [-0.1, -0.05) is 41.4 Å². The lowest BCUT2D eigenvalue weighted by molar-refractivity contribution is 0.102. The molecule has 6 heteroatoms. The van der Waals surface area contributed by atoms with Gasteiger partial charge < -0.3 is 10.2 Å². The van der Waals surface area contributed by atoms with Gasteiger partial charge in [0.1, 0.15) is 5.82 Å². The summed E-state index contributed by atoms with van der Waals surface area (Å²) in [6, 6.07) is 17.0. The quantitative estimate of drug-likeness (QED) is 0.613. The lowest BCUT2D eigenvalue weighted by Crippen LogP contribution is -2.25. The van der Waals surface area contributed by atoms with Crippen LogP contribution in [0, 0.1) is 0 Å². The molecule has 0 saturated carbocycles. The molecule has 0 atom stereocenters. The maximum Gasteiger partial charge on any atom is 0.255 e. The fourth-order valence-electron chi connectivity index (χ4n) is 3.23. The summed E-state index contributed by atoms with van der Waals surface area (Å²) in [6.07, 6.45) is 3.85. The first-order valence-corrected chi connectivity index (χ1v) is 9.45. The van der Waals surface area contributed by atoms with E-state index in [2.05, 4.69) is 33.4 Å². The van der Waals surface area contributed by atoms with Gasteiger partial charge in [0, 0.05) is 17.8 Å². The molecular weight excluding hydrogens is 381 g/mol. The van der Waals surface area contributed by atoms with Gasteiger partial charge in [-0.2, -0.15) is 0 Å². The zero-order valence-corrected chi connectivity index (χ0v) is 16.0. The summed E-state index contributed by atoms with van der Waals surface area (Å²) in [7, 11) is 0. The summed E-state index contributed by atoms with van der Waals surface area (Å²) in [5.74, 6) is 0.612. The predicted molar refractivity (Wildman–Crippen MR) is 110 cm³/mol. The molecule has 0 unspecified atom stereocenters. The maximum atomic E-state index is 12.4. The zero-order valence-electron chi connectivity index (χ0n) is 14.5. The second-order valence-corrected chi connectivity index (χ2v) is 7.19. The highest BCUT2D eigenvalue weighted by molar-refractivity contribution is 6.42. The van der Waals surface area contributed by atoms with Crippen molar-refractivity contribution < 1.29 is 4.79 Å². The van der Waals surface area contributed by atoms with E-state index in [0.717, 1.165) is 25.2 Å². The minimum absolute atomic E-state index is 0.258. The lowest BCUT2D eigenvalue weighted by Gasteiger charge is -2.30. The molecule has 4 nitrogen and oxygen atoms in total. The van der Waals surface area contributed by atoms with Crippen molar-refractivity contribution in [3.63, 3.8) is 0 Å². The molecule has 27 heavy (non-hydrogen) atoms. The number of anilines is 3. The maximum absolute atomic E-state index is 12.4. The molecule has 0 spiro atoms. The first-order chi connectivity index (χ1) is 13.1. The smallest absolute Gasteiger partial charge is 0.255 e. The molecule has 1 aromatic heterocycles. The second kappa shape index (κ2) is 7.59. The number of nitrogens with one attached hydrogen (secondary N) is 1. The van der Waals surface area contributed by atoms with Gasteiger partial charge in [0.2, 0.25) is 0 Å². The molecule has 0 bridgehead atoms. The highest BCUT2D eigenvalue weighted by Gasteiger charge is 2.18. The van der Waals surface area contributed by atoms with Crippen LogP contribution in [0.5, 0.6) is 0 Å². The molecule has 4 rings (SSSR count). The van der Waals surface area contributed by atoms with Crippen molar-refractivity contribution in [2.45, 2.75) is 12.8 Å². The van der Waals surface area contributed by atoms with E-state index in [1.54, 1.807) is 24.4 Å². The average Bonchev–Trinajstić information content (AvgIpc) is 2.70. The number of amides is 1. The highest BCUT2D eigenvalue weighted by Crippen LogP contribution is 2.32. The van der Waals surface area contributed by atoms with Crippen molar-refractivity contribution in [3.8, 4) is 0 Å². The molecule has 0 radical (unpaired) electrons. The predicted octanol–water partition coefficient (Wildman–Crippen LogP) is 5.73. The number of carbonyl (C=O) groups is 1. The third-order valence-corrected chi connectivity index (χ3v) is 5.31. The Bertz CT molecular complexity index is 989. The number of halogens is 2. The van der Waals surface area contributed by atoms with E-state index >= 15 is 0 Å². The fourth-order valence-corrected chi connectivity index (χ4v) is 3.53. The summed E-state index contributed by atoms with van der Waals surface area (Å²) < 4.78 is 0. The summed E-state index contributed by atoms with van der Waals surface area (Å²) in [5, 5.41) is 3.60. The Morgan fingerprint density at radius 2 is 1.89 bits per heavy atom. The Hall–Kier alpha value is -2.56. The van der Waals surface area contributed by atoms with Crippen molar-refractivity contribution in [2.75, 3.05) is 16.8 Å². The average molecular weight is 398 g/mol. The summed E-state index contributed by atoms with van der Waals surface area (Å²) >= 11 is 11.9. The number of hydrogen-bond acceptors (Lipinski definition) is 3. The number of rotatable bonds is 3. The van der Waals surface area contributed by atoms with Crippen molar-refractivity contribution in [1.29, 1.82) is 0 Å². The van der Waals surface area contributed by atoms with E-state index in [0.29, 0.717) is 21.3 Å². The topological polar surface area (TPSA) is 45.2 Å². The van der Waals surface area contributed by atoms with E-state index in [-0.39, 0.29) is 5.91 Å². The number of carbonyl (C=O) groups excluding carboxylic acids is 1. The number of fused-ring (bicyclic) bond motifs is 1. The van der Waals surface area contributed by atoms with E-state index in [4.69, 9.17) is 23.2 Å². The molecule has 2 aromatic carbocycles. The van der Waals surface area contributed by atoms with Gasteiger partial charge in [-0.05, 0) is 54.8 Å². The summed E-state index contributed by atoms with van der Waals surface area (Å²) in [5.41, 5.74) is 3.60. The Morgan fingerprint density at radius 1 is 1.04 bits per heavy atom. The van der Waals surface area contributed by atoms with Crippen molar-refractivity contribution in [2.24, 2.45) is 0 Å². The van der Waals surface area contributed by atoms with Gasteiger partial charge in [0.05, 0.1) is 21.9 Å². The molecular formula is C21H17Cl2N3O. The monoisotopic (exact) mass is 397 g/mol. The fraction of sp³-hybridized carbons (Fsp3) is 0.143. The lowest BCUT2D eigenvalue weighted by atomic mass is 10.0. The van der Waals surface area contributed by atoms with Crippen LogP contribution in [-0.4, -0.2) is 17.4 Å². The number of pyridine rings is 1. The molecule has 0 saturated heterocycles. The van der Waals surface area contributed by atoms with E-state index in [1.807, 2.05) is 18.2 Å². The molecule has 0 fully saturated rings. The Morgan fingerprint density at radius 3 is 2.67 bits per heavy atom. The van der Waals surface area contributed by atoms with Crippen LogP contribution in [0.25, 0.3) is 0 Å². The van der Waals surface area contributed by atoms with E-state index in [1.165, 1.54) is 11.3 Å². The van der Waals surface area contributed by atoms with Crippen LogP contribution < -0.4 is 10.2 Å². The van der Waals surface area contributed by atoms with Gasteiger partial charge in [-0.15, -0.1) is 0 Å². The van der Waals surface area contributed by atoms with Gasteiger partial charge in [-0.3, -0.25) is 4.79 Å². The molecule has 1 aliphatic rings. The SMILES string of the molecule is O=C(Nc1ccc(N2CCCc3ccccc32)nc1)c1ccc(Cl)c(Cl)c1. The van der Waals surface area contributed by atoms with Crippen LogP contribution in [0.3, 0.4) is 0 Å². The molecule has 1 N–H and O–H groups in total. The number of aromatic nitrogens is 1. The Balaban J connectivity index is 1.51.